The number of carbonyl (C=O) groups excluding carboxylic acids is 2. The molecule has 26 heavy (non-hydrogen) atoms. The van der Waals surface area contributed by atoms with Crippen LogP contribution in [-0.4, -0.2) is 42.3 Å². The molecule has 2 aromatic rings. The molecule has 1 saturated heterocycles. The van der Waals surface area contributed by atoms with Crippen molar-refractivity contribution in [1.82, 2.24) is 9.88 Å². The molecule has 3 rings (SSSR count). The van der Waals surface area contributed by atoms with Crippen molar-refractivity contribution in [3.8, 4) is 0 Å². The molecule has 1 aliphatic rings. The zero-order chi connectivity index (χ0) is 18.7. The van der Waals surface area contributed by atoms with E-state index in [0.29, 0.717) is 23.8 Å². The molecule has 136 valence electrons. The minimum atomic E-state index is -0.376. The maximum Gasteiger partial charge on any atom is 0.229 e. The third-order valence-corrected chi connectivity index (χ3v) is 4.66. The first-order chi connectivity index (χ1) is 12.4. The number of halogens is 1. The Balaban J connectivity index is 1.62. The molecule has 6 nitrogen and oxygen atoms in total. The Bertz CT molecular complexity index is 810. The molecule has 0 radical (unpaired) electrons. The predicted molar refractivity (Wildman–Crippen MR) is 102 cm³/mol. The van der Waals surface area contributed by atoms with E-state index in [2.05, 4.69) is 10.3 Å². The van der Waals surface area contributed by atoms with Crippen LogP contribution in [0.3, 0.4) is 0 Å². The molecule has 0 saturated carbocycles. The van der Waals surface area contributed by atoms with Crippen molar-refractivity contribution in [2.24, 2.45) is 5.92 Å². The van der Waals surface area contributed by atoms with Crippen LogP contribution in [0.4, 0.5) is 11.4 Å². The highest BCUT2D eigenvalue weighted by molar-refractivity contribution is 6.33. The van der Waals surface area contributed by atoms with Crippen LogP contribution in [0, 0.1) is 5.92 Å². The lowest BCUT2D eigenvalue weighted by atomic mass is 10.1. The second-order valence-corrected chi connectivity index (χ2v) is 6.95. The topological polar surface area (TPSA) is 65.5 Å². The van der Waals surface area contributed by atoms with Gasteiger partial charge in [0, 0.05) is 38.9 Å². The number of hydrogen-bond acceptors (Lipinski definition) is 4. The molecule has 0 aliphatic carbocycles. The number of hydrogen-bond donors (Lipinski definition) is 1. The Hall–Kier alpha value is -2.60. The van der Waals surface area contributed by atoms with Crippen LogP contribution in [0.2, 0.25) is 5.02 Å². The number of amides is 2. The third kappa shape index (κ3) is 4.14. The van der Waals surface area contributed by atoms with Crippen molar-refractivity contribution < 1.29 is 9.59 Å². The summed E-state index contributed by atoms with van der Waals surface area (Å²) in [5, 5.41) is 3.42. The maximum atomic E-state index is 12.5. The van der Waals surface area contributed by atoms with Gasteiger partial charge in [0.25, 0.3) is 0 Å². The Labute approximate surface area is 157 Å². The van der Waals surface area contributed by atoms with Crippen LogP contribution in [0.5, 0.6) is 0 Å². The van der Waals surface area contributed by atoms with E-state index in [1.54, 1.807) is 17.2 Å². The summed E-state index contributed by atoms with van der Waals surface area (Å²) in [6.07, 6.45) is 1.91. The largest absolute Gasteiger partial charge is 0.376 e. The SMILES string of the molecule is CN(C)c1ccc(NC(=O)C2CC(=O)N(Cc3ccccn3)C2)cc1Cl. The van der Waals surface area contributed by atoms with Gasteiger partial charge in [-0.15, -0.1) is 0 Å². The minimum Gasteiger partial charge on any atom is -0.376 e. The number of carbonyl (C=O) groups is 2. The highest BCUT2D eigenvalue weighted by Gasteiger charge is 2.34. The van der Waals surface area contributed by atoms with Gasteiger partial charge in [-0.2, -0.15) is 0 Å². The molecule has 1 unspecified atom stereocenters. The molecule has 7 heteroatoms. The van der Waals surface area contributed by atoms with E-state index in [4.69, 9.17) is 11.6 Å². The summed E-state index contributed by atoms with van der Waals surface area (Å²) < 4.78 is 0. The first-order valence-corrected chi connectivity index (χ1v) is 8.77. The number of nitrogens with zero attached hydrogens (tertiary/aromatic N) is 3. The summed E-state index contributed by atoms with van der Waals surface area (Å²) in [5.74, 6) is -0.578. The average molecular weight is 373 g/mol. The summed E-state index contributed by atoms with van der Waals surface area (Å²) in [5.41, 5.74) is 2.32. The van der Waals surface area contributed by atoms with Crippen LogP contribution in [-0.2, 0) is 16.1 Å². The molecule has 1 aromatic carbocycles. The summed E-state index contributed by atoms with van der Waals surface area (Å²) in [4.78, 5) is 32.6. The number of benzene rings is 1. The molecular weight excluding hydrogens is 352 g/mol. The Kier molecular flexibility index (Phi) is 5.42. The fraction of sp³-hybridized carbons (Fsp3) is 0.316. The van der Waals surface area contributed by atoms with E-state index in [9.17, 15) is 9.59 Å². The smallest absolute Gasteiger partial charge is 0.229 e. The van der Waals surface area contributed by atoms with Crippen molar-refractivity contribution in [2.75, 3.05) is 30.9 Å². The van der Waals surface area contributed by atoms with Gasteiger partial charge in [0.15, 0.2) is 0 Å². The van der Waals surface area contributed by atoms with E-state index in [0.717, 1.165) is 11.4 Å². The van der Waals surface area contributed by atoms with Gasteiger partial charge in [0.1, 0.15) is 0 Å². The van der Waals surface area contributed by atoms with Crippen molar-refractivity contribution in [3.63, 3.8) is 0 Å². The molecule has 0 bridgehead atoms. The van der Waals surface area contributed by atoms with Gasteiger partial charge in [-0.05, 0) is 30.3 Å². The zero-order valence-electron chi connectivity index (χ0n) is 14.8. The normalized spacial score (nSPS) is 16.7. The first-order valence-electron chi connectivity index (χ1n) is 8.39. The maximum absolute atomic E-state index is 12.5. The number of anilines is 2. The molecule has 1 aromatic heterocycles. The standard InChI is InChI=1S/C19H21ClN4O2/c1-23(2)17-7-6-14(10-16(17)20)22-19(26)13-9-18(25)24(11-13)12-15-5-3-4-8-21-15/h3-8,10,13H,9,11-12H2,1-2H3,(H,22,26). The Morgan fingerprint density at radius 3 is 2.81 bits per heavy atom. The molecule has 2 amide bonds. The molecule has 1 N–H and O–H groups in total. The lowest BCUT2D eigenvalue weighted by Crippen LogP contribution is -2.28. The van der Waals surface area contributed by atoms with E-state index >= 15 is 0 Å². The lowest BCUT2D eigenvalue weighted by molar-refractivity contribution is -0.128. The van der Waals surface area contributed by atoms with E-state index < -0.39 is 0 Å². The number of aromatic nitrogens is 1. The quantitative estimate of drug-likeness (QED) is 0.876. The van der Waals surface area contributed by atoms with E-state index in [-0.39, 0.29) is 24.2 Å². The van der Waals surface area contributed by atoms with Crippen molar-refractivity contribution >= 4 is 34.8 Å². The monoisotopic (exact) mass is 372 g/mol. The highest BCUT2D eigenvalue weighted by Crippen LogP contribution is 2.28. The average Bonchev–Trinajstić information content (AvgIpc) is 2.96. The van der Waals surface area contributed by atoms with Gasteiger partial charge < -0.3 is 15.1 Å². The molecule has 1 fully saturated rings. The fourth-order valence-electron chi connectivity index (χ4n) is 2.98. The van der Waals surface area contributed by atoms with Gasteiger partial charge in [-0.3, -0.25) is 14.6 Å². The molecule has 0 spiro atoms. The fourth-order valence-corrected chi connectivity index (χ4v) is 3.33. The van der Waals surface area contributed by atoms with E-state index in [1.807, 2.05) is 49.3 Å². The van der Waals surface area contributed by atoms with Crippen molar-refractivity contribution in [3.05, 3.63) is 53.3 Å². The van der Waals surface area contributed by atoms with Crippen molar-refractivity contribution in [1.29, 1.82) is 0 Å². The lowest BCUT2D eigenvalue weighted by Gasteiger charge is -2.17. The zero-order valence-corrected chi connectivity index (χ0v) is 15.5. The second kappa shape index (κ2) is 7.74. The van der Waals surface area contributed by atoms with Gasteiger partial charge in [0.05, 0.1) is 28.9 Å². The van der Waals surface area contributed by atoms with Gasteiger partial charge in [-0.25, -0.2) is 0 Å². The van der Waals surface area contributed by atoms with Crippen LogP contribution in [0.15, 0.2) is 42.6 Å². The van der Waals surface area contributed by atoms with Crippen LogP contribution < -0.4 is 10.2 Å². The summed E-state index contributed by atoms with van der Waals surface area (Å²) >= 11 is 6.24. The van der Waals surface area contributed by atoms with Crippen LogP contribution >= 0.6 is 11.6 Å². The first kappa shape index (κ1) is 18.2. The predicted octanol–water partition coefficient (Wildman–Crippen LogP) is 2.79. The van der Waals surface area contributed by atoms with E-state index in [1.165, 1.54) is 0 Å². The number of likely N-dealkylation sites (tertiary alicyclic amines) is 1. The highest BCUT2D eigenvalue weighted by atomic mass is 35.5. The number of nitrogens with one attached hydrogen (secondary N) is 1. The van der Waals surface area contributed by atoms with Crippen LogP contribution in [0.25, 0.3) is 0 Å². The molecule has 2 heterocycles. The number of rotatable bonds is 5. The summed E-state index contributed by atoms with van der Waals surface area (Å²) in [6.45, 7) is 0.817. The summed E-state index contributed by atoms with van der Waals surface area (Å²) in [6, 6.07) is 11.0. The third-order valence-electron chi connectivity index (χ3n) is 4.36. The second-order valence-electron chi connectivity index (χ2n) is 6.55. The molecular formula is C19H21ClN4O2. The van der Waals surface area contributed by atoms with Crippen molar-refractivity contribution in [2.45, 2.75) is 13.0 Å². The summed E-state index contributed by atoms with van der Waals surface area (Å²) in [7, 11) is 3.81. The minimum absolute atomic E-state index is 0.0307. The van der Waals surface area contributed by atoms with Crippen LogP contribution in [0.1, 0.15) is 12.1 Å². The Morgan fingerprint density at radius 1 is 1.35 bits per heavy atom. The van der Waals surface area contributed by atoms with Gasteiger partial charge >= 0.3 is 0 Å². The number of pyridine rings is 1. The van der Waals surface area contributed by atoms with Gasteiger partial charge in [-0.1, -0.05) is 17.7 Å². The van der Waals surface area contributed by atoms with Gasteiger partial charge in [0.2, 0.25) is 11.8 Å². The molecule has 1 aliphatic heterocycles. The Morgan fingerprint density at radius 2 is 2.15 bits per heavy atom. The molecule has 1 atom stereocenters.